The van der Waals surface area contributed by atoms with E-state index in [1.807, 2.05) is 13.8 Å². The van der Waals surface area contributed by atoms with E-state index in [4.69, 9.17) is 4.74 Å². The van der Waals surface area contributed by atoms with Gasteiger partial charge in [-0.15, -0.1) is 11.3 Å². The van der Waals surface area contributed by atoms with Crippen LogP contribution in [0.3, 0.4) is 0 Å². The van der Waals surface area contributed by atoms with Crippen molar-refractivity contribution < 1.29 is 4.74 Å². The highest BCUT2D eigenvalue weighted by Crippen LogP contribution is 2.22. The summed E-state index contributed by atoms with van der Waals surface area (Å²) in [5.74, 6) is 1.05. The molecule has 0 amide bonds. The average Bonchev–Trinajstić information content (AvgIpc) is 2.85. The van der Waals surface area contributed by atoms with Crippen molar-refractivity contribution in [2.24, 2.45) is 0 Å². The van der Waals surface area contributed by atoms with Gasteiger partial charge in [-0.2, -0.15) is 15.0 Å². The van der Waals surface area contributed by atoms with Crippen molar-refractivity contribution in [2.75, 3.05) is 30.3 Å². The van der Waals surface area contributed by atoms with Crippen molar-refractivity contribution in [1.82, 2.24) is 15.0 Å². The molecule has 2 heterocycles. The summed E-state index contributed by atoms with van der Waals surface area (Å²) in [5, 5.41) is 6.28. The van der Waals surface area contributed by atoms with Crippen LogP contribution in [-0.4, -0.2) is 34.6 Å². The van der Waals surface area contributed by atoms with Crippen LogP contribution in [0.25, 0.3) is 0 Å². The lowest BCUT2D eigenvalue weighted by Gasteiger charge is -2.09. The molecule has 0 spiro atoms. The Hall–Kier alpha value is -1.41. The highest BCUT2D eigenvalue weighted by atomic mass is 79.9. The van der Waals surface area contributed by atoms with Gasteiger partial charge in [-0.1, -0.05) is 0 Å². The molecule has 2 aromatic rings. The largest absolute Gasteiger partial charge is 0.464 e. The topological polar surface area (TPSA) is 72.0 Å². The molecule has 0 aliphatic rings. The zero-order valence-corrected chi connectivity index (χ0v) is 14.4. The Balaban J connectivity index is 1.97. The van der Waals surface area contributed by atoms with E-state index in [-0.39, 0.29) is 0 Å². The summed E-state index contributed by atoms with van der Waals surface area (Å²) in [6.07, 6.45) is 0.919. The summed E-state index contributed by atoms with van der Waals surface area (Å²) < 4.78 is 6.50. The van der Waals surface area contributed by atoms with E-state index in [0.717, 1.165) is 23.3 Å². The first-order valence-corrected chi connectivity index (χ1v) is 8.43. The third kappa shape index (κ3) is 5.13. The first kappa shape index (κ1) is 16.0. The molecule has 0 saturated carbocycles. The molecule has 0 saturated heterocycles. The molecule has 21 heavy (non-hydrogen) atoms. The van der Waals surface area contributed by atoms with Crippen LogP contribution in [0.5, 0.6) is 6.01 Å². The summed E-state index contributed by atoms with van der Waals surface area (Å²) in [4.78, 5) is 14.0. The Morgan fingerprint density at radius 3 is 2.52 bits per heavy atom. The molecule has 0 aromatic carbocycles. The van der Waals surface area contributed by atoms with Crippen LogP contribution in [0.2, 0.25) is 0 Å². The van der Waals surface area contributed by atoms with E-state index in [1.165, 1.54) is 4.88 Å². The number of aromatic nitrogens is 3. The molecule has 2 aromatic heterocycles. The number of thiophene rings is 1. The van der Waals surface area contributed by atoms with Gasteiger partial charge in [-0.25, -0.2) is 0 Å². The molecular formula is C13H18BrN5OS. The number of rotatable bonds is 8. The summed E-state index contributed by atoms with van der Waals surface area (Å²) in [6, 6.07) is 4.50. The van der Waals surface area contributed by atoms with E-state index < -0.39 is 0 Å². The normalized spacial score (nSPS) is 10.4. The summed E-state index contributed by atoms with van der Waals surface area (Å²) in [7, 11) is 0. The smallest absolute Gasteiger partial charge is 0.323 e. The van der Waals surface area contributed by atoms with Crippen LogP contribution in [0.1, 0.15) is 18.7 Å². The lowest BCUT2D eigenvalue weighted by atomic mass is 10.3. The van der Waals surface area contributed by atoms with Crippen molar-refractivity contribution in [2.45, 2.75) is 20.3 Å². The Labute approximate surface area is 136 Å². The molecule has 0 radical (unpaired) electrons. The fraction of sp³-hybridized carbons (Fsp3) is 0.462. The summed E-state index contributed by atoms with van der Waals surface area (Å²) in [5.41, 5.74) is 0. The SMILES string of the molecule is CCNc1nc(NCCc2ccc(Br)s2)nc(OCC)n1. The number of anilines is 2. The van der Waals surface area contributed by atoms with Crippen molar-refractivity contribution in [3.8, 4) is 6.01 Å². The minimum absolute atomic E-state index is 0.338. The fourth-order valence-corrected chi connectivity index (χ4v) is 3.13. The zero-order chi connectivity index (χ0) is 15.1. The van der Waals surface area contributed by atoms with Crippen LogP contribution < -0.4 is 15.4 Å². The van der Waals surface area contributed by atoms with Crippen molar-refractivity contribution in [1.29, 1.82) is 0 Å². The van der Waals surface area contributed by atoms with E-state index in [0.29, 0.717) is 24.5 Å². The van der Waals surface area contributed by atoms with E-state index in [1.54, 1.807) is 11.3 Å². The Morgan fingerprint density at radius 2 is 1.90 bits per heavy atom. The molecule has 0 aliphatic carbocycles. The molecule has 2 N–H and O–H groups in total. The van der Waals surface area contributed by atoms with E-state index in [2.05, 4.69) is 53.6 Å². The highest BCUT2D eigenvalue weighted by Gasteiger charge is 2.06. The van der Waals surface area contributed by atoms with Gasteiger partial charge in [0.2, 0.25) is 11.9 Å². The van der Waals surface area contributed by atoms with Crippen molar-refractivity contribution >= 4 is 39.2 Å². The van der Waals surface area contributed by atoms with Crippen LogP contribution in [-0.2, 0) is 6.42 Å². The minimum atomic E-state index is 0.338. The van der Waals surface area contributed by atoms with Gasteiger partial charge in [0.25, 0.3) is 0 Å². The van der Waals surface area contributed by atoms with Gasteiger partial charge in [0.15, 0.2) is 0 Å². The van der Waals surface area contributed by atoms with Crippen LogP contribution >= 0.6 is 27.3 Å². The lowest BCUT2D eigenvalue weighted by Crippen LogP contribution is -2.12. The maximum Gasteiger partial charge on any atom is 0.323 e. The monoisotopic (exact) mass is 371 g/mol. The van der Waals surface area contributed by atoms with Gasteiger partial charge < -0.3 is 15.4 Å². The van der Waals surface area contributed by atoms with Crippen molar-refractivity contribution in [3.63, 3.8) is 0 Å². The Kier molecular flexibility index (Phi) is 6.19. The Bertz CT molecular complexity index is 553. The first-order valence-electron chi connectivity index (χ1n) is 6.82. The first-order chi connectivity index (χ1) is 10.2. The summed E-state index contributed by atoms with van der Waals surface area (Å²) in [6.45, 7) is 5.93. The van der Waals surface area contributed by atoms with Gasteiger partial charge >= 0.3 is 6.01 Å². The highest BCUT2D eigenvalue weighted by molar-refractivity contribution is 9.11. The van der Waals surface area contributed by atoms with Gasteiger partial charge in [-0.05, 0) is 48.3 Å². The van der Waals surface area contributed by atoms with E-state index >= 15 is 0 Å². The number of ether oxygens (including phenoxy) is 1. The maximum absolute atomic E-state index is 5.36. The quantitative estimate of drug-likeness (QED) is 0.742. The van der Waals surface area contributed by atoms with Gasteiger partial charge in [-0.3, -0.25) is 0 Å². The molecule has 0 atom stereocenters. The third-order valence-electron chi connectivity index (χ3n) is 2.51. The second-order valence-electron chi connectivity index (χ2n) is 4.11. The Morgan fingerprint density at radius 1 is 1.14 bits per heavy atom. The van der Waals surface area contributed by atoms with Gasteiger partial charge in [0.1, 0.15) is 0 Å². The predicted octanol–water partition coefficient (Wildman–Crippen LogP) is 3.18. The molecule has 0 bridgehead atoms. The third-order valence-corrected chi connectivity index (χ3v) is 4.19. The predicted molar refractivity (Wildman–Crippen MR) is 89.4 cm³/mol. The minimum Gasteiger partial charge on any atom is -0.464 e. The molecule has 2 rings (SSSR count). The maximum atomic E-state index is 5.36. The van der Waals surface area contributed by atoms with Gasteiger partial charge in [0.05, 0.1) is 10.4 Å². The molecule has 0 unspecified atom stereocenters. The molecule has 8 heteroatoms. The number of nitrogens with one attached hydrogen (secondary N) is 2. The van der Waals surface area contributed by atoms with Crippen LogP contribution in [0, 0.1) is 0 Å². The van der Waals surface area contributed by atoms with E-state index in [9.17, 15) is 0 Å². The number of nitrogens with zero attached hydrogens (tertiary/aromatic N) is 3. The molecule has 6 nitrogen and oxygen atoms in total. The molecule has 0 fully saturated rings. The second-order valence-corrected chi connectivity index (χ2v) is 6.66. The number of hydrogen-bond acceptors (Lipinski definition) is 7. The molecule has 114 valence electrons. The zero-order valence-electron chi connectivity index (χ0n) is 12.0. The number of halogens is 1. The fourth-order valence-electron chi connectivity index (χ4n) is 1.65. The molecular weight excluding hydrogens is 354 g/mol. The molecule has 0 aliphatic heterocycles. The average molecular weight is 372 g/mol. The van der Waals surface area contributed by atoms with Crippen LogP contribution in [0.15, 0.2) is 15.9 Å². The van der Waals surface area contributed by atoms with Gasteiger partial charge in [0, 0.05) is 18.0 Å². The standard InChI is InChI=1S/C13H18BrN5OS/c1-3-15-11-17-12(19-13(18-11)20-4-2)16-8-7-9-5-6-10(14)21-9/h5-6H,3-4,7-8H2,1-2H3,(H2,15,16,17,18,19). The lowest BCUT2D eigenvalue weighted by molar-refractivity contribution is 0.312. The second kappa shape index (κ2) is 8.14. The summed E-state index contributed by atoms with van der Waals surface area (Å²) >= 11 is 5.19. The number of hydrogen-bond donors (Lipinski definition) is 2. The van der Waals surface area contributed by atoms with Crippen molar-refractivity contribution in [3.05, 3.63) is 20.8 Å². The van der Waals surface area contributed by atoms with Crippen LogP contribution in [0.4, 0.5) is 11.9 Å².